The van der Waals surface area contributed by atoms with Gasteiger partial charge in [-0.25, -0.2) is 0 Å². The maximum absolute atomic E-state index is 12.7. The van der Waals surface area contributed by atoms with Crippen LogP contribution < -0.4 is 0 Å². The number of hydrogen-bond donors (Lipinski definition) is 0. The van der Waals surface area contributed by atoms with Crippen LogP contribution in [0.25, 0.3) is 21.5 Å². The molecule has 3 rings (SSSR count). The highest BCUT2D eigenvalue weighted by Crippen LogP contribution is 2.35. The molecule has 0 N–H and O–H groups in total. The van der Waals surface area contributed by atoms with Crippen LogP contribution in [0.1, 0.15) is 26.3 Å². The molecule has 0 fully saturated rings. The first-order valence-electron chi connectivity index (χ1n) is 9.25. The molecule has 0 unspecified atom stereocenters. The van der Waals surface area contributed by atoms with Crippen LogP contribution in [0.2, 0.25) is 0 Å². The van der Waals surface area contributed by atoms with Gasteiger partial charge < -0.3 is 9.47 Å². The van der Waals surface area contributed by atoms with Gasteiger partial charge in [0.2, 0.25) is 0 Å². The average molecular weight is 364 g/mol. The zero-order chi connectivity index (χ0) is 19.4. The molecule has 4 nitrogen and oxygen atoms in total. The predicted octanol–water partition coefficient (Wildman–Crippen LogP) is 4.67. The van der Waals surface area contributed by atoms with Crippen molar-refractivity contribution in [3.63, 3.8) is 0 Å². The van der Waals surface area contributed by atoms with Crippen LogP contribution in [-0.4, -0.2) is 25.2 Å². The minimum atomic E-state index is -1.40. The van der Waals surface area contributed by atoms with E-state index in [2.05, 4.69) is 6.07 Å². The fourth-order valence-corrected chi connectivity index (χ4v) is 3.46. The SMILES string of the molecule is CCOC(=O)C(C)(Cc1c2ccccc2cc2ccccc12)C(=O)OCC. The highest BCUT2D eigenvalue weighted by Gasteiger charge is 2.45. The Bertz CT molecular complexity index is 918. The molecule has 0 radical (unpaired) electrons. The number of carbonyl (C=O) groups excluding carboxylic acids is 2. The second-order valence-corrected chi connectivity index (χ2v) is 6.75. The van der Waals surface area contributed by atoms with Crippen molar-refractivity contribution in [2.45, 2.75) is 27.2 Å². The predicted molar refractivity (Wildman–Crippen MR) is 107 cm³/mol. The van der Waals surface area contributed by atoms with Gasteiger partial charge in [0.1, 0.15) is 0 Å². The number of fused-ring (bicyclic) bond motifs is 2. The van der Waals surface area contributed by atoms with Crippen LogP contribution >= 0.6 is 0 Å². The van der Waals surface area contributed by atoms with Crippen LogP contribution in [0.5, 0.6) is 0 Å². The van der Waals surface area contributed by atoms with E-state index in [9.17, 15) is 9.59 Å². The van der Waals surface area contributed by atoms with E-state index >= 15 is 0 Å². The smallest absolute Gasteiger partial charge is 0.323 e. The van der Waals surface area contributed by atoms with E-state index in [0.29, 0.717) is 0 Å². The van der Waals surface area contributed by atoms with Gasteiger partial charge in [0.05, 0.1) is 13.2 Å². The van der Waals surface area contributed by atoms with Gasteiger partial charge >= 0.3 is 11.9 Å². The molecule has 0 saturated carbocycles. The highest BCUT2D eigenvalue weighted by molar-refractivity contribution is 6.05. The van der Waals surface area contributed by atoms with Gasteiger partial charge in [0.25, 0.3) is 0 Å². The molecule has 0 atom stereocenters. The number of ether oxygens (including phenoxy) is 2. The first-order valence-corrected chi connectivity index (χ1v) is 9.25. The summed E-state index contributed by atoms with van der Waals surface area (Å²) in [5, 5.41) is 4.19. The van der Waals surface area contributed by atoms with E-state index < -0.39 is 17.4 Å². The fraction of sp³-hybridized carbons (Fsp3) is 0.304. The zero-order valence-corrected chi connectivity index (χ0v) is 16.0. The monoisotopic (exact) mass is 364 g/mol. The summed E-state index contributed by atoms with van der Waals surface area (Å²) >= 11 is 0. The summed E-state index contributed by atoms with van der Waals surface area (Å²) in [4.78, 5) is 25.5. The molecule has 3 aromatic carbocycles. The van der Waals surface area contributed by atoms with Crippen LogP contribution in [0.4, 0.5) is 0 Å². The Labute approximate surface area is 159 Å². The van der Waals surface area contributed by atoms with Crippen molar-refractivity contribution < 1.29 is 19.1 Å². The van der Waals surface area contributed by atoms with Crippen molar-refractivity contribution in [2.24, 2.45) is 5.41 Å². The standard InChI is InChI=1S/C23H24O4/c1-4-26-21(24)23(3,22(25)27-5-2)15-20-18-12-8-6-10-16(18)14-17-11-7-9-13-19(17)20/h6-14H,4-5,15H2,1-3H3. The molecule has 0 aliphatic rings. The third-order valence-electron chi connectivity index (χ3n) is 4.87. The molecule has 0 amide bonds. The van der Waals surface area contributed by atoms with Crippen molar-refractivity contribution in [1.29, 1.82) is 0 Å². The first-order chi connectivity index (χ1) is 13.0. The Kier molecular flexibility index (Phi) is 5.45. The summed E-state index contributed by atoms with van der Waals surface area (Å²) in [7, 11) is 0. The Balaban J connectivity index is 2.21. The second kappa shape index (κ2) is 7.78. The summed E-state index contributed by atoms with van der Waals surface area (Å²) in [6.45, 7) is 5.50. The molecule has 0 bridgehead atoms. The fourth-order valence-electron chi connectivity index (χ4n) is 3.46. The third kappa shape index (κ3) is 3.52. The lowest BCUT2D eigenvalue weighted by Gasteiger charge is -2.26. The summed E-state index contributed by atoms with van der Waals surface area (Å²) in [5.41, 5.74) is -0.453. The Morgan fingerprint density at radius 3 is 1.70 bits per heavy atom. The van der Waals surface area contributed by atoms with Gasteiger partial charge in [-0.3, -0.25) is 9.59 Å². The van der Waals surface area contributed by atoms with E-state index in [-0.39, 0.29) is 19.6 Å². The van der Waals surface area contributed by atoms with Crippen LogP contribution in [0.3, 0.4) is 0 Å². The first kappa shape index (κ1) is 18.9. The maximum Gasteiger partial charge on any atom is 0.323 e. The number of esters is 2. The van der Waals surface area contributed by atoms with Gasteiger partial charge in [0, 0.05) is 6.42 Å². The van der Waals surface area contributed by atoms with Gasteiger partial charge in [-0.1, -0.05) is 48.5 Å². The lowest BCUT2D eigenvalue weighted by molar-refractivity contribution is -0.170. The topological polar surface area (TPSA) is 52.6 Å². The van der Waals surface area contributed by atoms with Crippen LogP contribution in [0, 0.1) is 5.41 Å². The molecular weight excluding hydrogens is 340 g/mol. The van der Waals surface area contributed by atoms with Crippen LogP contribution in [-0.2, 0) is 25.5 Å². The van der Waals surface area contributed by atoms with Crippen molar-refractivity contribution in [3.8, 4) is 0 Å². The molecule has 0 saturated heterocycles. The number of hydrogen-bond acceptors (Lipinski definition) is 4. The molecule has 0 aromatic heterocycles. The zero-order valence-electron chi connectivity index (χ0n) is 16.0. The lowest BCUT2D eigenvalue weighted by atomic mass is 9.80. The Morgan fingerprint density at radius 1 is 0.815 bits per heavy atom. The van der Waals surface area contributed by atoms with Crippen molar-refractivity contribution in [3.05, 3.63) is 60.2 Å². The largest absolute Gasteiger partial charge is 0.465 e. The molecule has 140 valence electrons. The number of rotatable bonds is 6. The van der Waals surface area contributed by atoms with Gasteiger partial charge in [-0.2, -0.15) is 0 Å². The minimum absolute atomic E-state index is 0.212. The molecule has 0 spiro atoms. The minimum Gasteiger partial charge on any atom is -0.465 e. The molecule has 27 heavy (non-hydrogen) atoms. The molecule has 4 heteroatoms. The van der Waals surface area contributed by atoms with E-state index in [1.807, 2.05) is 48.5 Å². The molecule has 3 aromatic rings. The lowest BCUT2D eigenvalue weighted by Crippen LogP contribution is -2.41. The quantitative estimate of drug-likeness (QED) is 0.362. The van der Waals surface area contributed by atoms with Gasteiger partial charge in [-0.05, 0) is 53.9 Å². The molecular formula is C23H24O4. The summed E-state index contributed by atoms with van der Waals surface area (Å²) in [5.74, 6) is -1.11. The Morgan fingerprint density at radius 2 is 1.26 bits per heavy atom. The van der Waals surface area contributed by atoms with Crippen LogP contribution in [0.15, 0.2) is 54.6 Å². The molecule has 0 aliphatic carbocycles. The highest BCUT2D eigenvalue weighted by atomic mass is 16.6. The third-order valence-corrected chi connectivity index (χ3v) is 4.87. The number of carbonyl (C=O) groups is 2. The van der Waals surface area contributed by atoms with E-state index in [0.717, 1.165) is 27.1 Å². The molecule has 0 heterocycles. The molecule has 0 aliphatic heterocycles. The maximum atomic E-state index is 12.7. The summed E-state index contributed by atoms with van der Waals surface area (Å²) in [6.07, 6.45) is 0.215. The average Bonchev–Trinajstić information content (AvgIpc) is 2.68. The Hall–Kier alpha value is -2.88. The van der Waals surface area contributed by atoms with E-state index in [1.54, 1.807) is 20.8 Å². The van der Waals surface area contributed by atoms with Gasteiger partial charge in [-0.15, -0.1) is 0 Å². The van der Waals surface area contributed by atoms with Crippen molar-refractivity contribution in [2.75, 3.05) is 13.2 Å². The normalized spacial score (nSPS) is 11.5. The van der Waals surface area contributed by atoms with Crippen molar-refractivity contribution >= 4 is 33.5 Å². The number of benzene rings is 3. The van der Waals surface area contributed by atoms with E-state index in [4.69, 9.17) is 9.47 Å². The van der Waals surface area contributed by atoms with Gasteiger partial charge in [0.15, 0.2) is 5.41 Å². The van der Waals surface area contributed by atoms with E-state index in [1.165, 1.54) is 0 Å². The second-order valence-electron chi connectivity index (χ2n) is 6.75. The summed E-state index contributed by atoms with van der Waals surface area (Å²) < 4.78 is 10.5. The summed E-state index contributed by atoms with van der Waals surface area (Å²) in [6, 6.07) is 18.1. The van der Waals surface area contributed by atoms with Crippen molar-refractivity contribution in [1.82, 2.24) is 0 Å².